The lowest BCUT2D eigenvalue weighted by Crippen LogP contribution is -2.33. The van der Waals surface area contributed by atoms with Crippen molar-refractivity contribution in [2.24, 2.45) is 5.73 Å². The van der Waals surface area contributed by atoms with Gasteiger partial charge in [-0.2, -0.15) is 0 Å². The van der Waals surface area contributed by atoms with Crippen molar-refractivity contribution in [1.29, 1.82) is 0 Å². The number of carbonyl (C=O) groups is 1. The Morgan fingerprint density at radius 1 is 0.903 bits per heavy atom. The molecule has 0 bridgehead atoms. The first-order chi connectivity index (χ1) is 15.2. The average Bonchev–Trinajstić information content (AvgIpc) is 2.80. The molecule has 3 N–H and O–H groups in total. The summed E-state index contributed by atoms with van der Waals surface area (Å²) in [7, 11) is 0. The van der Waals surface area contributed by atoms with E-state index in [1.807, 2.05) is 60.7 Å². The van der Waals surface area contributed by atoms with Crippen molar-refractivity contribution in [3.63, 3.8) is 0 Å². The molecular weight excluding hydrogens is 390 g/mol. The minimum atomic E-state index is -0.586. The number of piperidine rings is 1. The molecule has 0 unspecified atom stereocenters. The van der Waals surface area contributed by atoms with Crippen LogP contribution in [0, 0.1) is 0 Å². The lowest BCUT2D eigenvalue weighted by Gasteiger charge is -2.26. The van der Waals surface area contributed by atoms with Gasteiger partial charge in [0.15, 0.2) is 0 Å². The molecule has 1 aliphatic heterocycles. The first kappa shape index (κ1) is 21.0. The van der Waals surface area contributed by atoms with E-state index in [1.54, 1.807) is 0 Å². The number of hydrogen-bond acceptors (Lipinski definition) is 4. The van der Waals surface area contributed by atoms with E-state index in [0.29, 0.717) is 18.9 Å². The van der Waals surface area contributed by atoms with Gasteiger partial charge in [-0.15, -0.1) is 0 Å². The van der Waals surface area contributed by atoms with Crippen LogP contribution < -0.4 is 20.5 Å². The monoisotopic (exact) mass is 419 g/mol. The summed E-state index contributed by atoms with van der Waals surface area (Å²) in [5.74, 6) is 1.64. The van der Waals surface area contributed by atoms with Crippen LogP contribution in [0.25, 0.3) is 10.8 Å². The summed E-state index contributed by atoms with van der Waals surface area (Å²) in [6, 6.07) is 18.9. The number of fused-ring (bicyclic) bond motifs is 1. The smallest absolute Gasteiger partial charge is 0.316 e. The molecule has 0 aliphatic carbocycles. The molecular formula is C25H29N3O3. The Balaban J connectivity index is 1.34. The molecule has 0 aromatic heterocycles. The second kappa shape index (κ2) is 10.2. The lowest BCUT2D eigenvalue weighted by molar-refractivity contribution is 0.183. The predicted octanol–water partition coefficient (Wildman–Crippen LogP) is 4.77. The number of nitrogens with zero attached hydrogens (tertiary/aromatic N) is 1. The third kappa shape index (κ3) is 5.67. The molecule has 0 radical (unpaired) electrons. The van der Waals surface area contributed by atoms with Gasteiger partial charge >= 0.3 is 6.03 Å². The molecule has 3 aromatic rings. The minimum Gasteiger partial charge on any atom is -0.492 e. The molecule has 31 heavy (non-hydrogen) atoms. The molecule has 6 heteroatoms. The van der Waals surface area contributed by atoms with Gasteiger partial charge in [0, 0.05) is 17.3 Å². The second-order valence-corrected chi connectivity index (χ2v) is 7.83. The fourth-order valence-electron chi connectivity index (χ4n) is 3.96. The largest absolute Gasteiger partial charge is 0.492 e. The van der Waals surface area contributed by atoms with Crippen molar-refractivity contribution >= 4 is 22.5 Å². The number of rotatable bonds is 8. The number of ether oxygens (including phenoxy) is 2. The number of anilines is 1. The highest BCUT2D eigenvalue weighted by molar-refractivity contribution is 6.03. The Labute approximate surface area is 182 Å². The van der Waals surface area contributed by atoms with Crippen molar-refractivity contribution in [3.8, 4) is 11.5 Å². The van der Waals surface area contributed by atoms with Crippen molar-refractivity contribution in [3.05, 3.63) is 66.2 Å². The summed E-state index contributed by atoms with van der Waals surface area (Å²) >= 11 is 0. The Morgan fingerprint density at radius 3 is 2.39 bits per heavy atom. The molecule has 0 atom stereocenters. The number of nitrogens with two attached hydrogens (primary N) is 1. The van der Waals surface area contributed by atoms with Crippen LogP contribution in [0.5, 0.6) is 11.5 Å². The quantitative estimate of drug-likeness (QED) is 0.551. The van der Waals surface area contributed by atoms with Crippen LogP contribution in [0.2, 0.25) is 0 Å². The third-order valence-electron chi connectivity index (χ3n) is 5.58. The highest BCUT2D eigenvalue weighted by Gasteiger charge is 2.10. The summed E-state index contributed by atoms with van der Waals surface area (Å²) < 4.78 is 12.0. The van der Waals surface area contributed by atoms with Gasteiger partial charge in [0.2, 0.25) is 0 Å². The maximum absolute atomic E-state index is 11.2. The van der Waals surface area contributed by atoms with E-state index in [9.17, 15) is 4.79 Å². The number of likely N-dealkylation sites (tertiary alicyclic amines) is 1. The van der Waals surface area contributed by atoms with Crippen LogP contribution in [-0.4, -0.2) is 37.2 Å². The Morgan fingerprint density at radius 2 is 1.65 bits per heavy atom. The van der Waals surface area contributed by atoms with Gasteiger partial charge in [-0.05, 0) is 55.8 Å². The maximum Gasteiger partial charge on any atom is 0.316 e. The Bertz CT molecular complexity index is 1010. The molecule has 0 spiro atoms. The van der Waals surface area contributed by atoms with Crippen LogP contribution in [-0.2, 0) is 6.61 Å². The number of hydrogen-bond donors (Lipinski definition) is 2. The SMILES string of the molecule is NC(=O)Nc1ccc(OCc2ccc(OCCN3CCCCC3)cc2)c2ccccc12. The predicted molar refractivity (Wildman–Crippen MR) is 124 cm³/mol. The average molecular weight is 420 g/mol. The van der Waals surface area contributed by atoms with Crippen molar-refractivity contribution in [2.45, 2.75) is 25.9 Å². The standard InChI is InChI=1S/C25H29N3O3/c26-25(29)27-23-12-13-24(22-7-3-2-6-21(22)23)31-18-19-8-10-20(11-9-19)30-17-16-28-14-4-1-5-15-28/h2-3,6-13H,1,4-5,14-18H2,(H3,26,27,29). The third-order valence-corrected chi connectivity index (χ3v) is 5.58. The Hall–Kier alpha value is -3.25. The lowest BCUT2D eigenvalue weighted by atomic mass is 10.1. The van der Waals surface area contributed by atoms with Gasteiger partial charge < -0.3 is 20.5 Å². The topological polar surface area (TPSA) is 76.8 Å². The summed E-state index contributed by atoms with van der Waals surface area (Å²) in [5.41, 5.74) is 7.00. The summed E-state index contributed by atoms with van der Waals surface area (Å²) in [6.07, 6.45) is 3.95. The van der Waals surface area contributed by atoms with Crippen LogP contribution >= 0.6 is 0 Å². The summed E-state index contributed by atoms with van der Waals surface area (Å²) in [6.45, 7) is 4.52. The number of carbonyl (C=O) groups excluding carboxylic acids is 1. The normalized spacial score (nSPS) is 14.3. The van der Waals surface area contributed by atoms with E-state index in [4.69, 9.17) is 15.2 Å². The first-order valence-corrected chi connectivity index (χ1v) is 10.8. The minimum absolute atomic E-state index is 0.445. The van der Waals surface area contributed by atoms with E-state index in [1.165, 1.54) is 32.4 Å². The van der Waals surface area contributed by atoms with Gasteiger partial charge in [-0.25, -0.2) is 4.79 Å². The molecule has 162 valence electrons. The molecule has 3 aromatic carbocycles. The Kier molecular flexibility index (Phi) is 6.89. The van der Waals surface area contributed by atoms with E-state index >= 15 is 0 Å². The highest BCUT2D eigenvalue weighted by Crippen LogP contribution is 2.32. The van der Waals surface area contributed by atoms with Crippen molar-refractivity contribution in [2.75, 3.05) is 31.6 Å². The van der Waals surface area contributed by atoms with Gasteiger partial charge in [-0.3, -0.25) is 4.90 Å². The van der Waals surface area contributed by atoms with E-state index in [2.05, 4.69) is 10.2 Å². The van der Waals surface area contributed by atoms with E-state index < -0.39 is 6.03 Å². The van der Waals surface area contributed by atoms with Crippen molar-refractivity contribution in [1.82, 2.24) is 4.90 Å². The molecule has 6 nitrogen and oxygen atoms in total. The number of amides is 2. The molecule has 1 aliphatic rings. The first-order valence-electron chi connectivity index (χ1n) is 10.8. The van der Waals surface area contributed by atoms with Gasteiger partial charge in [-0.1, -0.05) is 42.8 Å². The zero-order chi connectivity index (χ0) is 21.5. The summed E-state index contributed by atoms with van der Waals surface area (Å²) in [5, 5.41) is 4.47. The number of nitrogens with one attached hydrogen (secondary N) is 1. The van der Waals surface area contributed by atoms with Crippen molar-refractivity contribution < 1.29 is 14.3 Å². The molecule has 4 rings (SSSR count). The molecule has 1 fully saturated rings. The molecule has 1 heterocycles. The van der Waals surface area contributed by atoms with Crippen LogP contribution in [0.4, 0.5) is 10.5 Å². The fraction of sp³-hybridized carbons (Fsp3) is 0.320. The summed E-state index contributed by atoms with van der Waals surface area (Å²) in [4.78, 5) is 13.7. The van der Waals surface area contributed by atoms with E-state index in [0.717, 1.165) is 34.4 Å². The van der Waals surface area contributed by atoms with Gasteiger partial charge in [0.05, 0.1) is 5.69 Å². The zero-order valence-electron chi connectivity index (χ0n) is 17.7. The molecule has 1 saturated heterocycles. The second-order valence-electron chi connectivity index (χ2n) is 7.83. The zero-order valence-corrected chi connectivity index (χ0v) is 17.7. The number of primary amides is 1. The van der Waals surface area contributed by atoms with Crippen LogP contribution in [0.3, 0.4) is 0 Å². The van der Waals surface area contributed by atoms with Crippen LogP contribution in [0.1, 0.15) is 24.8 Å². The maximum atomic E-state index is 11.2. The number of benzene rings is 3. The molecule has 2 amide bonds. The van der Waals surface area contributed by atoms with Gasteiger partial charge in [0.1, 0.15) is 24.7 Å². The fourth-order valence-corrected chi connectivity index (χ4v) is 3.96. The van der Waals surface area contributed by atoms with Crippen LogP contribution in [0.15, 0.2) is 60.7 Å². The molecule has 0 saturated carbocycles. The van der Waals surface area contributed by atoms with E-state index in [-0.39, 0.29) is 0 Å². The number of urea groups is 1. The van der Waals surface area contributed by atoms with Gasteiger partial charge in [0.25, 0.3) is 0 Å². The highest BCUT2D eigenvalue weighted by atomic mass is 16.5.